The Hall–Kier alpha value is -1.34. The Labute approximate surface area is 171 Å². The van der Waals surface area contributed by atoms with Gasteiger partial charge >= 0.3 is 6.18 Å². The fraction of sp³-hybridized carbons (Fsp3) is 0.667. The minimum absolute atomic E-state index is 0.387. The van der Waals surface area contributed by atoms with Gasteiger partial charge in [-0.2, -0.15) is 13.2 Å². The molecule has 28 heavy (non-hydrogen) atoms. The van der Waals surface area contributed by atoms with E-state index in [9.17, 15) is 13.2 Å². The normalized spacial score (nSPS) is 20.2. The number of thiocarbonyl (C=S) groups is 1. The van der Waals surface area contributed by atoms with Crippen LogP contribution in [-0.2, 0) is 6.18 Å². The summed E-state index contributed by atoms with van der Waals surface area (Å²) in [5.41, 5.74) is -0.276. The Balaban J connectivity index is 1.51. The molecule has 1 aromatic rings. The van der Waals surface area contributed by atoms with Crippen LogP contribution in [0, 0.1) is 0 Å². The first kappa shape index (κ1) is 21.4. The SMILES string of the molecule is CN(C1CCCCCC1)C1CCN(C(=S)Nc2cccc(C(F)(F)F)c2)CC1. The van der Waals surface area contributed by atoms with Crippen molar-refractivity contribution in [2.75, 3.05) is 25.5 Å². The van der Waals surface area contributed by atoms with Crippen molar-refractivity contribution >= 4 is 23.0 Å². The number of hydrogen-bond acceptors (Lipinski definition) is 2. The summed E-state index contributed by atoms with van der Waals surface area (Å²) in [6.07, 6.45) is 5.71. The van der Waals surface area contributed by atoms with Gasteiger partial charge in [0.2, 0.25) is 0 Å². The number of halogens is 3. The van der Waals surface area contributed by atoms with Crippen molar-refractivity contribution in [1.82, 2.24) is 9.80 Å². The summed E-state index contributed by atoms with van der Waals surface area (Å²) in [5, 5.41) is 3.49. The molecule has 0 atom stereocenters. The van der Waals surface area contributed by atoms with E-state index in [-0.39, 0.29) is 0 Å². The molecule has 3 rings (SSSR count). The third kappa shape index (κ3) is 5.60. The molecule has 0 amide bonds. The van der Waals surface area contributed by atoms with Crippen LogP contribution in [0.3, 0.4) is 0 Å². The summed E-state index contributed by atoms with van der Waals surface area (Å²) in [6, 6.07) is 6.46. The first-order chi connectivity index (χ1) is 13.3. The molecule has 1 N–H and O–H groups in total. The predicted octanol–water partition coefficient (Wildman–Crippen LogP) is 5.52. The van der Waals surface area contributed by atoms with Gasteiger partial charge in [-0.1, -0.05) is 31.7 Å². The number of benzene rings is 1. The van der Waals surface area contributed by atoms with Crippen LogP contribution >= 0.6 is 12.2 Å². The average Bonchev–Trinajstić information content (AvgIpc) is 2.96. The van der Waals surface area contributed by atoms with Crippen LogP contribution in [0.1, 0.15) is 56.9 Å². The highest BCUT2D eigenvalue weighted by molar-refractivity contribution is 7.80. The van der Waals surface area contributed by atoms with E-state index in [1.165, 1.54) is 44.6 Å². The fourth-order valence-corrected chi connectivity index (χ4v) is 4.72. The molecule has 0 radical (unpaired) electrons. The predicted molar refractivity (Wildman–Crippen MR) is 112 cm³/mol. The van der Waals surface area contributed by atoms with Gasteiger partial charge in [-0.05, 0) is 63.1 Å². The standard InChI is InChI=1S/C21H30F3N3S/c1-26(18-9-4-2-3-5-10-18)19-11-13-27(14-12-19)20(28)25-17-8-6-7-16(15-17)21(22,23)24/h6-8,15,18-19H,2-5,9-14H2,1H3,(H,25,28). The zero-order valence-corrected chi connectivity index (χ0v) is 17.3. The Bertz CT molecular complexity index is 649. The molecule has 2 aliphatic rings. The Morgan fingerprint density at radius 1 is 1.04 bits per heavy atom. The van der Waals surface area contributed by atoms with E-state index in [1.54, 1.807) is 6.07 Å². The maximum absolute atomic E-state index is 12.9. The molecule has 3 nitrogen and oxygen atoms in total. The molecule has 1 aromatic carbocycles. The lowest BCUT2D eigenvalue weighted by atomic mass is 9.99. The van der Waals surface area contributed by atoms with Gasteiger partial charge in [0.1, 0.15) is 0 Å². The van der Waals surface area contributed by atoms with Crippen molar-refractivity contribution in [3.63, 3.8) is 0 Å². The molecule has 156 valence electrons. The Kier molecular flexibility index (Phi) is 7.20. The average molecular weight is 414 g/mol. The smallest absolute Gasteiger partial charge is 0.349 e. The summed E-state index contributed by atoms with van der Waals surface area (Å²) in [5.74, 6) is 0. The highest BCUT2D eigenvalue weighted by Gasteiger charge is 2.31. The molecular weight excluding hydrogens is 383 g/mol. The lowest BCUT2D eigenvalue weighted by molar-refractivity contribution is -0.137. The molecule has 1 saturated carbocycles. The molecule has 1 heterocycles. The number of piperidine rings is 1. The minimum atomic E-state index is -4.35. The second-order valence-electron chi connectivity index (χ2n) is 8.04. The number of rotatable bonds is 3. The maximum Gasteiger partial charge on any atom is 0.416 e. The van der Waals surface area contributed by atoms with Crippen LogP contribution in [0.5, 0.6) is 0 Å². The van der Waals surface area contributed by atoms with Crippen molar-refractivity contribution in [3.8, 4) is 0 Å². The van der Waals surface area contributed by atoms with Crippen LogP contribution < -0.4 is 5.32 Å². The molecule has 1 aliphatic heterocycles. The fourth-order valence-electron chi connectivity index (χ4n) is 4.42. The van der Waals surface area contributed by atoms with E-state index in [1.807, 2.05) is 0 Å². The number of hydrogen-bond donors (Lipinski definition) is 1. The van der Waals surface area contributed by atoms with Gasteiger partial charge < -0.3 is 15.1 Å². The summed E-state index contributed by atoms with van der Waals surface area (Å²) < 4.78 is 38.6. The summed E-state index contributed by atoms with van der Waals surface area (Å²) in [7, 11) is 2.26. The lowest BCUT2D eigenvalue weighted by Gasteiger charge is -2.41. The van der Waals surface area contributed by atoms with E-state index in [4.69, 9.17) is 12.2 Å². The van der Waals surface area contributed by atoms with E-state index < -0.39 is 11.7 Å². The van der Waals surface area contributed by atoms with Crippen molar-refractivity contribution in [2.45, 2.75) is 69.6 Å². The Morgan fingerprint density at radius 3 is 2.25 bits per heavy atom. The van der Waals surface area contributed by atoms with E-state index >= 15 is 0 Å². The van der Waals surface area contributed by atoms with Crippen molar-refractivity contribution in [2.24, 2.45) is 0 Å². The zero-order chi connectivity index (χ0) is 20.1. The largest absolute Gasteiger partial charge is 0.416 e. The molecule has 2 fully saturated rings. The second-order valence-corrected chi connectivity index (χ2v) is 8.42. The summed E-state index contributed by atoms with van der Waals surface area (Å²) >= 11 is 5.46. The number of alkyl halides is 3. The number of likely N-dealkylation sites (tertiary alicyclic amines) is 1. The summed E-state index contributed by atoms with van der Waals surface area (Å²) in [6.45, 7) is 1.68. The van der Waals surface area contributed by atoms with E-state index in [2.05, 4.69) is 22.2 Å². The lowest BCUT2D eigenvalue weighted by Crippen LogP contribution is -2.49. The van der Waals surface area contributed by atoms with Crippen LogP contribution in [0.25, 0.3) is 0 Å². The quantitative estimate of drug-likeness (QED) is 0.519. The second kappa shape index (κ2) is 9.44. The van der Waals surface area contributed by atoms with Crippen LogP contribution in [-0.4, -0.2) is 47.1 Å². The van der Waals surface area contributed by atoms with E-state index in [0.717, 1.165) is 38.1 Å². The van der Waals surface area contributed by atoms with Crippen LogP contribution in [0.15, 0.2) is 24.3 Å². The topological polar surface area (TPSA) is 18.5 Å². The third-order valence-electron chi connectivity index (χ3n) is 6.17. The first-order valence-corrected chi connectivity index (χ1v) is 10.7. The molecule has 1 aliphatic carbocycles. The molecule has 0 aromatic heterocycles. The highest BCUT2D eigenvalue weighted by Crippen LogP contribution is 2.31. The van der Waals surface area contributed by atoms with Gasteiger partial charge in [-0.15, -0.1) is 0 Å². The van der Waals surface area contributed by atoms with E-state index in [0.29, 0.717) is 22.9 Å². The molecule has 0 unspecified atom stereocenters. The highest BCUT2D eigenvalue weighted by atomic mass is 32.1. The monoisotopic (exact) mass is 413 g/mol. The van der Waals surface area contributed by atoms with Gasteiger partial charge in [0.05, 0.1) is 5.56 Å². The third-order valence-corrected chi connectivity index (χ3v) is 6.53. The van der Waals surface area contributed by atoms with Gasteiger partial charge in [0, 0.05) is 30.9 Å². The zero-order valence-electron chi connectivity index (χ0n) is 16.5. The molecule has 1 saturated heterocycles. The van der Waals surface area contributed by atoms with Gasteiger partial charge in [-0.25, -0.2) is 0 Å². The van der Waals surface area contributed by atoms with Crippen LogP contribution in [0.4, 0.5) is 18.9 Å². The van der Waals surface area contributed by atoms with Crippen molar-refractivity contribution in [1.29, 1.82) is 0 Å². The van der Waals surface area contributed by atoms with Crippen molar-refractivity contribution < 1.29 is 13.2 Å². The van der Waals surface area contributed by atoms with Crippen LogP contribution in [0.2, 0.25) is 0 Å². The van der Waals surface area contributed by atoms with Gasteiger partial charge in [-0.3, -0.25) is 0 Å². The molecule has 0 spiro atoms. The number of nitrogens with zero attached hydrogens (tertiary/aromatic N) is 2. The Morgan fingerprint density at radius 2 is 1.64 bits per heavy atom. The molecule has 7 heteroatoms. The number of anilines is 1. The first-order valence-electron chi connectivity index (χ1n) is 10.3. The number of nitrogens with one attached hydrogen (secondary N) is 1. The van der Waals surface area contributed by atoms with Gasteiger partial charge in [0.25, 0.3) is 0 Å². The van der Waals surface area contributed by atoms with Crippen molar-refractivity contribution in [3.05, 3.63) is 29.8 Å². The van der Waals surface area contributed by atoms with Gasteiger partial charge in [0.15, 0.2) is 5.11 Å². The summed E-state index contributed by atoms with van der Waals surface area (Å²) in [4.78, 5) is 4.65. The minimum Gasteiger partial charge on any atom is -0.349 e. The molecule has 0 bridgehead atoms. The molecular formula is C21H30F3N3S. The maximum atomic E-state index is 12.9.